The molecule has 8 heteroatoms. The molecule has 0 aliphatic carbocycles. The van der Waals surface area contributed by atoms with Gasteiger partial charge in [0.2, 0.25) is 0 Å². The van der Waals surface area contributed by atoms with E-state index in [-0.39, 0.29) is 10.5 Å². The Morgan fingerprint density at radius 2 is 2.24 bits per heavy atom. The van der Waals surface area contributed by atoms with E-state index in [2.05, 4.69) is 15.1 Å². The van der Waals surface area contributed by atoms with Gasteiger partial charge in [-0.25, -0.2) is 4.98 Å². The number of aryl methyl sites for hydroxylation is 1. The van der Waals surface area contributed by atoms with Crippen molar-refractivity contribution in [3.05, 3.63) is 52.5 Å². The maximum Gasteiger partial charge on any atom is 0.264 e. The van der Waals surface area contributed by atoms with Crippen LogP contribution in [0.25, 0.3) is 11.0 Å². The number of aromatic nitrogens is 5. The maximum absolute atomic E-state index is 12.4. The zero-order valence-electron chi connectivity index (χ0n) is 11.2. The summed E-state index contributed by atoms with van der Waals surface area (Å²) in [7, 11) is 1.74. The normalized spacial score (nSPS) is 10.9. The molecular formula is C13H12N6OS. The number of pyridine rings is 1. The summed E-state index contributed by atoms with van der Waals surface area (Å²) in [4.78, 5) is 21.0. The molecule has 3 heterocycles. The summed E-state index contributed by atoms with van der Waals surface area (Å²) in [6.45, 7) is 0.303. The van der Waals surface area contributed by atoms with E-state index in [0.29, 0.717) is 23.3 Å². The molecule has 2 N–H and O–H groups in total. The minimum atomic E-state index is -0.161. The Labute approximate surface area is 125 Å². The Morgan fingerprint density at radius 3 is 3.00 bits per heavy atom. The molecule has 0 saturated carbocycles. The SMILES string of the molecule is Cn1ncc2c(=O)n(Cc3cccnc3C(N)=S)cnc21. The van der Waals surface area contributed by atoms with Crippen LogP contribution < -0.4 is 11.3 Å². The van der Waals surface area contributed by atoms with Gasteiger partial charge in [-0.2, -0.15) is 5.10 Å². The summed E-state index contributed by atoms with van der Waals surface area (Å²) in [5.74, 6) is 0. The Kier molecular flexibility index (Phi) is 3.22. The summed E-state index contributed by atoms with van der Waals surface area (Å²) in [6.07, 6.45) is 4.62. The molecule has 106 valence electrons. The molecule has 0 saturated heterocycles. The van der Waals surface area contributed by atoms with Crippen LogP contribution in [-0.2, 0) is 13.6 Å². The molecule has 0 bridgehead atoms. The summed E-state index contributed by atoms with van der Waals surface area (Å²) in [6, 6.07) is 3.61. The zero-order chi connectivity index (χ0) is 15.0. The second-order valence-electron chi connectivity index (χ2n) is 4.56. The standard InChI is InChI=1S/C13H12N6OS/c1-18-12-9(5-17-18)13(20)19(7-16-12)6-8-3-2-4-15-10(8)11(14)21/h2-5,7H,6H2,1H3,(H2,14,21). The van der Waals surface area contributed by atoms with E-state index in [1.807, 2.05) is 6.07 Å². The maximum atomic E-state index is 12.4. The minimum Gasteiger partial charge on any atom is -0.388 e. The van der Waals surface area contributed by atoms with Crippen molar-refractivity contribution in [2.75, 3.05) is 0 Å². The van der Waals surface area contributed by atoms with E-state index >= 15 is 0 Å². The zero-order valence-corrected chi connectivity index (χ0v) is 12.0. The van der Waals surface area contributed by atoms with Crippen LogP contribution >= 0.6 is 12.2 Å². The first kappa shape index (κ1) is 13.4. The van der Waals surface area contributed by atoms with Crippen molar-refractivity contribution < 1.29 is 0 Å². The van der Waals surface area contributed by atoms with Gasteiger partial charge in [0.15, 0.2) is 5.65 Å². The third kappa shape index (κ3) is 2.29. The largest absolute Gasteiger partial charge is 0.388 e. The summed E-state index contributed by atoms with van der Waals surface area (Å²) >= 11 is 4.98. The van der Waals surface area contributed by atoms with Crippen LogP contribution in [0.2, 0.25) is 0 Å². The first-order valence-corrected chi connectivity index (χ1v) is 6.59. The van der Waals surface area contributed by atoms with Crippen LogP contribution in [0.1, 0.15) is 11.3 Å². The fourth-order valence-corrected chi connectivity index (χ4v) is 2.33. The number of rotatable bonds is 3. The first-order chi connectivity index (χ1) is 10.1. The summed E-state index contributed by atoms with van der Waals surface area (Å²) < 4.78 is 3.05. The van der Waals surface area contributed by atoms with Gasteiger partial charge in [0.1, 0.15) is 22.4 Å². The Morgan fingerprint density at radius 1 is 1.43 bits per heavy atom. The van der Waals surface area contributed by atoms with Crippen molar-refractivity contribution in [3.63, 3.8) is 0 Å². The number of nitrogens with two attached hydrogens (primary N) is 1. The number of thiocarbonyl (C=S) groups is 1. The van der Waals surface area contributed by atoms with Gasteiger partial charge in [0, 0.05) is 18.8 Å². The van der Waals surface area contributed by atoms with E-state index in [4.69, 9.17) is 18.0 Å². The Balaban J connectivity index is 2.09. The lowest BCUT2D eigenvalue weighted by Crippen LogP contribution is -2.23. The highest BCUT2D eigenvalue weighted by atomic mass is 32.1. The first-order valence-electron chi connectivity index (χ1n) is 6.19. The van der Waals surface area contributed by atoms with Crippen LogP contribution in [0.3, 0.4) is 0 Å². The van der Waals surface area contributed by atoms with Crippen LogP contribution in [0.5, 0.6) is 0 Å². The highest BCUT2D eigenvalue weighted by molar-refractivity contribution is 7.80. The molecule has 0 spiro atoms. The third-order valence-electron chi connectivity index (χ3n) is 3.18. The average Bonchev–Trinajstić information content (AvgIpc) is 2.84. The van der Waals surface area contributed by atoms with Crippen LogP contribution in [-0.4, -0.2) is 29.3 Å². The second kappa shape index (κ2) is 5.06. The van der Waals surface area contributed by atoms with Gasteiger partial charge >= 0.3 is 0 Å². The number of hydrogen-bond donors (Lipinski definition) is 1. The predicted octanol–water partition coefficient (Wildman–Crippen LogP) is 0.207. The van der Waals surface area contributed by atoms with Crippen LogP contribution in [0, 0.1) is 0 Å². The van der Waals surface area contributed by atoms with Gasteiger partial charge in [-0.05, 0) is 6.07 Å². The molecule has 0 fully saturated rings. The number of nitrogens with zero attached hydrogens (tertiary/aromatic N) is 5. The van der Waals surface area contributed by atoms with E-state index in [1.165, 1.54) is 17.1 Å². The fraction of sp³-hybridized carbons (Fsp3) is 0.154. The van der Waals surface area contributed by atoms with E-state index in [9.17, 15) is 4.79 Å². The molecule has 3 aromatic heterocycles. The third-order valence-corrected chi connectivity index (χ3v) is 3.38. The van der Waals surface area contributed by atoms with Crippen molar-refractivity contribution in [2.45, 2.75) is 6.54 Å². The molecule has 7 nitrogen and oxygen atoms in total. The molecule has 0 radical (unpaired) electrons. The molecule has 0 aliphatic rings. The lowest BCUT2D eigenvalue weighted by molar-refractivity contribution is 0.734. The fourth-order valence-electron chi connectivity index (χ4n) is 2.15. The van der Waals surface area contributed by atoms with E-state index in [0.717, 1.165) is 5.56 Å². The number of fused-ring (bicyclic) bond motifs is 1. The topological polar surface area (TPSA) is 91.6 Å². The van der Waals surface area contributed by atoms with E-state index in [1.54, 1.807) is 24.0 Å². The molecule has 0 amide bonds. The quantitative estimate of drug-likeness (QED) is 0.695. The van der Waals surface area contributed by atoms with Gasteiger partial charge in [0.25, 0.3) is 5.56 Å². The van der Waals surface area contributed by atoms with Crippen molar-refractivity contribution in [2.24, 2.45) is 12.8 Å². The molecule has 3 rings (SSSR count). The van der Waals surface area contributed by atoms with Gasteiger partial charge in [-0.1, -0.05) is 18.3 Å². The van der Waals surface area contributed by atoms with E-state index < -0.39 is 0 Å². The molecular weight excluding hydrogens is 288 g/mol. The lowest BCUT2D eigenvalue weighted by Gasteiger charge is -2.09. The van der Waals surface area contributed by atoms with Crippen molar-refractivity contribution in [1.29, 1.82) is 0 Å². The average molecular weight is 300 g/mol. The number of hydrogen-bond acceptors (Lipinski definition) is 5. The van der Waals surface area contributed by atoms with Crippen molar-refractivity contribution in [1.82, 2.24) is 24.3 Å². The smallest absolute Gasteiger partial charge is 0.264 e. The molecule has 0 unspecified atom stereocenters. The van der Waals surface area contributed by atoms with Gasteiger partial charge in [-0.3, -0.25) is 19.0 Å². The van der Waals surface area contributed by atoms with Crippen molar-refractivity contribution in [3.8, 4) is 0 Å². The monoisotopic (exact) mass is 300 g/mol. The van der Waals surface area contributed by atoms with Gasteiger partial charge in [-0.15, -0.1) is 0 Å². The molecule has 0 aliphatic heterocycles. The minimum absolute atomic E-state index is 0.161. The predicted molar refractivity (Wildman–Crippen MR) is 82.0 cm³/mol. The summed E-state index contributed by atoms with van der Waals surface area (Å²) in [5.41, 5.74) is 7.34. The second-order valence-corrected chi connectivity index (χ2v) is 5.00. The van der Waals surface area contributed by atoms with Crippen molar-refractivity contribution >= 4 is 28.2 Å². The van der Waals surface area contributed by atoms with Crippen LogP contribution in [0.4, 0.5) is 0 Å². The molecule has 0 atom stereocenters. The van der Waals surface area contributed by atoms with Gasteiger partial charge < -0.3 is 5.73 Å². The molecule has 3 aromatic rings. The lowest BCUT2D eigenvalue weighted by atomic mass is 10.2. The van der Waals surface area contributed by atoms with Crippen LogP contribution in [0.15, 0.2) is 35.6 Å². The molecule has 0 aromatic carbocycles. The Hall–Kier alpha value is -2.61. The van der Waals surface area contributed by atoms with Gasteiger partial charge in [0.05, 0.1) is 12.7 Å². The Bertz CT molecular complexity index is 897. The highest BCUT2D eigenvalue weighted by Crippen LogP contribution is 2.08. The highest BCUT2D eigenvalue weighted by Gasteiger charge is 2.11. The molecule has 21 heavy (non-hydrogen) atoms. The summed E-state index contributed by atoms with van der Waals surface area (Å²) in [5, 5.41) is 4.51.